The van der Waals surface area contributed by atoms with E-state index in [1.165, 1.54) is 18.2 Å². The fraction of sp³-hybridized carbons (Fsp3) is 0. The van der Waals surface area contributed by atoms with Crippen LogP contribution in [0.15, 0.2) is 18.2 Å². The third-order valence-corrected chi connectivity index (χ3v) is 2.33. The standard InChI is InChI=1S/C9H4Cl2N2O2.ClH/c10-7-5-3-4(8(14)15)1-2-6(5)12-9(11)13-7;/h1-3H,(H,14,15);1H. The zero-order valence-electron chi connectivity index (χ0n) is 7.65. The summed E-state index contributed by atoms with van der Waals surface area (Å²) in [6.45, 7) is 0. The van der Waals surface area contributed by atoms with E-state index < -0.39 is 5.97 Å². The predicted octanol–water partition coefficient (Wildman–Crippen LogP) is 3.06. The smallest absolute Gasteiger partial charge is 0.335 e. The molecule has 2 rings (SSSR count). The number of carbonyl (C=O) groups is 1. The van der Waals surface area contributed by atoms with Crippen LogP contribution in [0.1, 0.15) is 10.4 Å². The van der Waals surface area contributed by atoms with Crippen LogP contribution in [0.5, 0.6) is 0 Å². The first kappa shape index (κ1) is 13.0. The molecule has 0 aliphatic rings. The molecule has 0 aliphatic heterocycles. The number of rotatable bonds is 1. The highest BCUT2D eigenvalue weighted by molar-refractivity contribution is 6.35. The van der Waals surface area contributed by atoms with Gasteiger partial charge in [-0.1, -0.05) is 11.6 Å². The van der Waals surface area contributed by atoms with E-state index in [0.717, 1.165) is 0 Å². The minimum Gasteiger partial charge on any atom is -0.478 e. The lowest BCUT2D eigenvalue weighted by atomic mass is 10.1. The number of aromatic carboxylic acids is 1. The Balaban J connectivity index is 0.00000128. The molecule has 0 saturated heterocycles. The Labute approximate surface area is 107 Å². The average molecular weight is 280 g/mol. The zero-order chi connectivity index (χ0) is 11.0. The van der Waals surface area contributed by atoms with Gasteiger partial charge in [0.1, 0.15) is 5.15 Å². The number of hydrogen-bond acceptors (Lipinski definition) is 3. The summed E-state index contributed by atoms with van der Waals surface area (Å²) in [5.74, 6) is -1.03. The number of nitrogens with zero attached hydrogens (tertiary/aromatic N) is 2. The van der Waals surface area contributed by atoms with Crippen molar-refractivity contribution in [3.8, 4) is 0 Å². The topological polar surface area (TPSA) is 63.1 Å². The van der Waals surface area contributed by atoms with Crippen molar-refractivity contribution in [3.63, 3.8) is 0 Å². The van der Waals surface area contributed by atoms with Crippen LogP contribution in [0.4, 0.5) is 0 Å². The van der Waals surface area contributed by atoms with Gasteiger partial charge in [0, 0.05) is 5.39 Å². The van der Waals surface area contributed by atoms with E-state index >= 15 is 0 Å². The molecule has 0 radical (unpaired) electrons. The fourth-order valence-electron chi connectivity index (χ4n) is 1.20. The molecule has 0 aliphatic carbocycles. The van der Waals surface area contributed by atoms with Gasteiger partial charge in [0.2, 0.25) is 5.28 Å². The molecule has 7 heteroatoms. The van der Waals surface area contributed by atoms with E-state index in [1.54, 1.807) is 0 Å². The van der Waals surface area contributed by atoms with Crippen LogP contribution in [-0.4, -0.2) is 21.0 Å². The van der Waals surface area contributed by atoms with Gasteiger partial charge in [0.15, 0.2) is 0 Å². The highest BCUT2D eigenvalue weighted by Gasteiger charge is 2.08. The molecule has 0 atom stereocenters. The molecular formula is C9H5Cl3N2O2. The molecule has 0 spiro atoms. The Morgan fingerprint density at radius 2 is 1.94 bits per heavy atom. The lowest BCUT2D eigenvalue weighted by molar-refractivity contribution is 0.0697. The number of carboxylic acids is 1. The van der Waals surface area contributed by atoms with Crippen molar-refractivity contribution >= 4 is 52.5 Å². The Bertz CT molecular complexity index is 560. The predicted molar refractivity (Wildman–Crippen MR) is 63.8 cm³/mol. The number of halogens is 3. The number of fused-ring (bicyclic) bond motifs is 1. The second-order valence-corrected chi connectivity index (χ2v) is 3.52. The van der Waals surface area contributed by atoms with Crippen molar-refractivity contribution in [2.24, 2.45) is 0 Å². The number of hydrogen-bond donors (Lipinski definition) is 1. The summed E-state index contributed by atoms with van der Waals surface area (Å²) >= 11 is 11.4. The maximum atomic E-state index is 10.7. The first-order valence-corrected chi connectivity index (χ1v) is 4.69. The molecule has 0 amide bonds. The zero-order valence-corrected chi connectivity index (χ0v) is 9.97. The molecule has 84 valence electrons. The molecule has 0 saturated carbocycles. The van der Waals surface area contributed by atoms with Gasteiger partial charge in [0.05, 0.1) is 11.1 Å². The van der Waals surface area contributed by atoms with Gasteiger partial charge in [-0.25, -0.2) is 14.8 Å². The Kier molecular flexibility index (Phi) is 3.91. The molecule has 0 fully saturated rings. The number of aromatic nitrogens is 2. The number of benzene rings is 1. The van der Waals surface area contributed by atoms with Crippen LogP contribution in [0.25, 0.3) is 10.9 Å². The first-order valence-electron chi connectivity index (χ1n) is 3.94. The Hall–Kier alpha value is -1.10. The van der Waals surface area contributed by atoms with Crippen molar-refractivity contribution in [2.75, 3.05) is 0 Å². The van der Waals surface area contributed by atoms with Crippen molar-refractivity contribution in [2.45, 2.75) is 0 Å². The minimum atomic E-state index is -1.03. The maximum absolute atomic E-state index is 10.7. The van der Waals surface area contributed by atoms with E-state index in [-0.39, 0.29) is 28.4 Å². The van der Waals surface area contributed by atoms with Gasteiger partial charge in [-0.05, 0) is 29.8 Å². The van der Waals surface area contributed by atoms with Crippen LogP contribution in [0.3, 0.4) is 0 Å². The third-order valence-electron chi connectivity index (χ3n) is 1.87. The van der Waals surface area contributed by atoms with Crippen molar-refractivity contribution in [3.05, 3.63) is 34.2 Å². The second kappa shape index (κ2) is 4.82. The normalized spacial score (nSPS) is 9.88. The SMILES string of the molecule is Cl.O=C(O)c1ccc2nc(Cl)nc(Cl)c2c1. The van der Waals surface area contributed by atoms with E-state index in [1.807, 2.05) is 0 Å². The van der Waals surface area contributed by atoms with E-state index in [2.05, 4.69) is 9.97 Å². The molecule has 0 bridgehead atoms. The van der Waals surface area contributed by atoms with Crippen LogP contribution in [-0.2, 0) is 0 Å². The summed E-state index contributed by atoms with van der Waals surface area (Å²) in [5.41, 5.74) is 0.653. The molecule has 4 nitrogen and oxygen atoms in total. The summed E-state index contributed by atoms with van der Waals surface area (Å²) in [6.07, 6.45) is 0. The molecule has 2 aromatic rings. The van der Waals surface area contributed by atoms with Gasteiger partial charge < -0.3 is 5.11 Å². The van der Waals surface area contributed by atoms with Gasteiger partial charge in [-0.3, -0.25) is 0 Å². The maximum Gasteiger partial charge on any atom is 0.335 e. The summed E-state index contributed by atoms with van der Waals surface area (Å²) < 4.78 is 0. The second-order valence-electron chi connectivity index (χ2n) is 2.82. The van der Waals surface area contributed by atoms with Gasteiger partial charge in [-0.2, -0.15) is 0 Å². The molecule has 0 unspecified atom stereocenters. The summed E-state index contributed by atoms with van der Waals surface area (Å²) in [4.78, 5) is 18.4. The van der Waals surface area contributed by atoms with Gasteiger partial charge >= 0.3 is 5.97 Å². The summed E-state index contributed by atoms with van der Waals surface area (Å²) in [7, 11) is 0. The van der Waals surface area contributed by atoms with E-state index in [0.29, 0.717) is 10.9 Å². The Morgan fingerprint density at radius 3 is 2.56 bits per heavy atom. The molecule has 1 heterocycles. The van der Waals surface area contributed by atoms with Crippen molar-refractivity contribution in [1.82, 2.24) is 9.97 Å². The van der Waals surface area contributed by atoms with Crippen LogP contribution >= 0.6 is 35.6 Å². The lowest BCUT2D eigenvalue weighted by Crippen LogP contribution is -1.96. The molecule has 16 heavy (non-hydrogen) atoms. The highest BCUT2D eigenvalue weighted by Crippen LogP contribution is 2.23. The quantitative estimate of drug-likeness (QED) is 0.644. The molecule has 1 N–H and O–H groups in total. The first-order chi connectivity index (χ1) is 7.08. The van der Waals surface area contributed by atoms with E-state index in [4.69, 9.17) is 28.3 Å². The van der Waals surface area contributed by atoms with Gasteiger partial charge in [0.25, 0.3) is 0 Å². The third kappa shape index (κ3) is 2.35. The monoisotopic (exact) mass is 278 g/mol. The molecular weight excluding hydrogens is 274 g/mol. The van der Waals surface area contributed by atoms with E-state index in [9.17, 15) is 4.79 Å². The minimum absolute atomic E-state index is 0. The average Bonchev–Trinajstić information content (AvgIpc) is 2.16. The summed E-state index contributed by atoms with van der Waals surface area (Å²) in [6, 6.07) is 4.39. The highest BCUT2D eigenvalue weighted by atomic mass is 35.5. The van der Waals surface area contributed by atoms with Crippen LogP contribution in [0.2, 0.25) is 10.4 Å². The summed E-state index contributed by atoms with van der Waals surface area (Å²) in [5, 5.41) is 9.44. The van der Waals surface area contributed by atoms with Crippen molar-refractivity contribution < 1.29 is 9.90 Å². The lowest BCUT2D eigenvalue weighted by Gasteiger charge is -2.01. The largest absolute Gasteiger partial charge is 0.478 e. The van der Waals surface area contributed by atoms with Gasteiger partial charge in [-0.15, -0.1) is 12.4 Å². The molecule has 1 aromatic carbocycles. The van der Waals surface area contributed by atoms with Crippen LogP contribution in [0, 0.1) is 0 Å². The fourth-order valence-corrected chi connectivity index (χ4v) is 1.65. The molecule has 1 aromatic heterocycles. The number of carboxylic acid groups (broad SMARTS) is 1. The van der Waals surface area contributed by atoms with Crippen molar-refractivity contribution in [1.29, 1.82) is 0 Å². The Morgan fingerprint density at radius 1 is 1.25 bits per heavy atom. The van der Waals surface area contributed by atoms with Crippen LogP contribution < -0.4 is 0 Å².